The molecule has 0 spiro atoms. The van der Waals surface area contributed by atoms with Gasteiger partial charge in [-0.1, -0.05) is 353 Å². The molecule has 0 heterocycles. The molecular weight excluding hydrogens is 959 g/mol. The fraction of sp³-hybridized carbons (Fsp3) is 0.917. The van der Waals surface area contributed by atoms with Crippen LogP contribution in [0.1, 0.15) is 399 Å². The molecule has 0 rings (SSSR count). The van der Waals surface area contributed by atoms with Crippen LogP contribution < -0.4 is 5.32 Å². The third-order valence-corrected chi connectivity index (χ3v) is 16.7. The van der Waals surface area contributed by atoms with Gasteiger partial charge in [-0.2, -0.15) is 0 Å². The number of allylic oxidation sites excluding steroid dienone is 3. The van der Waals surface area contributed by atoms with Crippen molar-refractivity contribution in [2.75, 3.05) is 13.2 Å². The minimum Gasteiger partial charge on any atom is -0.466 e. The van der Waals surface area contributed by atoms with Gasteiger partial charge < -0.3 is 20.3 Å². The van der Waals surface area contributed by atoms with Crippen LogP contribution in [0.5, 0.6) is 0 Å². The third-order valence-electron chi connectivity index (χ3n) is 16.7. The highest BCUT2D eigenvalue weighted by Crippen LogP contribution is 2.19. The van der Waals surface area contributed by atoms with Gasteiger partial charge in [0.1, 0.15) is 0 Å². The van der Waals surface area contributed by atoms with Crippen LogP contribution in [0.4, 0.5) is 0 Å². The highest BCUT2D eigenvalue weighted by molar-refractivity contribution is 5.76. The molecule has 6 heteroatoms. The Bertz CT molecular complexity index is 1220. The molecule has 2 unspecified atom stereocenters. The summed E-state index contributed by atoms with van der Waals surface area (Å²) in [5.74, 6) is -0.0533. The summed E-state index contributed by atoms with van der Waals surface area (Å²) in [5, 5.41) is 23.3. The summed E-state index contributed by atoms with van der Waals surface area (Å²) in [5.41, 5.74) is 0. The Hall–Kier alpha value is -1.66. The molecule has 0 saturated carbocycles. The van der Waals surface area contributed by atoms with Crippen molar-refractivity contribution in [3.8, 4) is 0 Å². The standard InChI is InChI=1S/C72H139NO5/c1-3-5-7-9-11-13-15-17-19-20-21-27-30-33-37-40-44-48-52-56-60-64-70(75)69(68-74)73-71(76)65-61-57-53-49-45-41-38-34-31-28-25-23-22-24-26-29-32-35-39-43-47-51-55-59-63-67-78-72(77)66-62-58-54-50-46-42-36-18-16-14-12-10-8-6-4-2/h18,36,60,64,69-70,74-75H,3-17,19-35,37-59,61-63,65-68H2,1-2H3,(H,73,76)/b36-18-,64-60+. The molecule has 1 amide bonds. The number of carbonyl (C=O) groups excluding carboxylic acids is 2. The first-order valence-corrected chi connectivity index (χ1v) is 35.6. The average molecular weight is 1100 g/mol. The van der Waals surface area contributed by atoms with E-state index in [9.17, 15) is 19.8 Å². The van der Waals surface area contributed by atoms with Gasteiger partial charge in [0.25, 0.3) is 0 Å². The molecule has 3 N–H and O–H groups in total. The number of amides is 1. The Labute approximate surface area is 488 Å². The van der Waals surface area contributed by atoms with Crippen molar-refractivity contribution in [3.05, 3.63) is 24.3 Å². The number of esters is 1. The van der Waals surface area contributed by atoms with Gasteiger partial charge in [0.15, 0.2) is 0 Å². The lowest BCUT2D eigenvalue weighted by Gasteiger charge is -2.20. The topological polar surface area (TPSA) is 95.9 Å². The summed E-state index contributed by atoms with van der Waals surface area (Å²) in [6.07, 6.45) is 85.4. The number of aliphatic hydroxyl groups excluding tert-OH is 2. The number of nitrogens with one attached hydrogen (secondary N) is 1. The number of hydrogen-bond acceptors (Lipinski definition) is 5. The van der Waals surface area contributed by atoms with Crippen molar-refractivity contribution < 1.29 is 24.5 Å². The second-order valence-electron chi connectivity index (χ2n) is 24.6. The molecule has 2 atom stereocenters. The van der Waals surface area contributed by atoms with Crippen LogP contribution in [0, 0.1) is 0 Å². The first-order valence-electron chi connectivity index (χ1n) is 35.6. The summed E-state index contributed by atoms with van der Waals surface area (Å²) in [7, 11) is 0. The monoisotopic (exact) mass is 1100 g/mol. The Balaban J connectivity index is 3.39. The molecule has 462 valence electrons. The van der Waals surface area contributed by atoms with E-state index in [0.29, 0.717) is 19.4 Å². The molecule has 0 fully saturated rings. The first kappa shape index (κ1) is 76.3. The molecule has 0 aromatic heterocycles. The van der Waals surface area contributed by atoms with Crippen molar-refractivity contribution in [3.63, 3.8) is 0 Å². The fourth-order valence-electron chi connectivity index (χ4n) is 11.3. The van der Waals surface area contributed by atoms with Gasteiger partial charge in [-0.05, 0) is 57.8 Å². The zero-order valence-electron chi connectivity index (χ0n) is 52.9. The van der Waals surface area contributed by atoms with Crippen LogP contribution >= 0.6 is 0 Å². The number of hydrogen-bond donors (Lipinski definition) is 3. The van der Waals surface area contributed by atoms with E-state index in [1.165, 1.54) is 327 Å². The Kier molecular flexibility index (Phi) is 66.4. The Morgan fingerprint density at radius 2 is 0.603 bits per heavy atom. The molecule has 6 nitrogen and oxygen atoms in total. The van der Waals surface area contributed by atoms with Crippen molar-refractivity contribution in [2.45, 2.75) is 411 Å². The number of carbonyl (C=O) groups is 2. The highest BCUT2D eigenvalue weighted by Gasteiger charge is 2.18. The van der Waals surface area contributed by atoms with E-state index in [1.807, 2.05) is 6.08 Å². The summed E-state index contributed by atoms with van der Waals surface area (Å²) >= 11 is 0. The first-order chi connectivity index (χ1) is 38.5. The molecule has 78 heavy (non-hydrogen) atoms. The van der Waals surface area contributed by atoms with Crippen LogP contribution in [-0.4, -0.2) is 47.4 Å². The lowest BCUT2D eigenvalue weighted by Crippen LogP contribution is -2.45. The molecule has 0 saturated heterocycles. The van der Waals surface area contributed by atoms with Crippen LogP contribution in [0.15, 0.2) is 24.3 Å². The zero-order chi connectivity index (χ0) is 56.4. The second-order valence-corrected chi connectivity index (χ2v) is 24.6. The number of rotatable bonds is 67. The maximum atomic E-state index is 12.5. The maximum Gasteiger partial charge on any atom is 0.305 e. The number of unbranched alkanes of at least 4 members (excludes halogenated alkanes) is 54. The minimum absolute atomic E-state index is 0.00883. The average Bonchev–Trinajstić information content (AvgIpc) is 3.44. The van der Waals surface area contributed by atoms with Crippen LogP contribution in [0.2, 0.25) is 0 Å². The number of ether oxygens (including phenoxy) is 1. The molecule has 0 bridgehead atoms. The molecule has 0 radical (unpaired) electrons. The minimum atomic E-state index is -0.844. The Morgan fingerprint density at radius 1 is 0.346 bits per heavy atom. The van der Waals surface area contributed by atoms with Gasteiger partial charge in [-0.3, -0.25) is 9.59 Å². The van der Waals surface area contributed by atoms with E-state index >= 15 is 0 Å². The summed E-state index contributed by atoms with van der Waals surface area (Å²) < 4.78 is 5.49. The molecule has 0 aliphatic carbocycles. The van der Waals surface area contributed by atoms with Gasteiger partial charge in [-0.15, -0.1) is 0 Å². The third kappa shape index (κ3) is 63.5. The summed E-state index contributed by atoms with van der Waals surface area (Å²) in [6.45, 7) is 4.94. The molecule has 0 aromatic rings. The summed E-state index contributed by atoms with van der Waals surface area (Å²) in [6, 6.07) is -0.627. The summed E-state index contributed by atoms with van der Waals surface area (Å²) in [4.78, 5) is 24.6. The van der Waals surface area contributed by atoms with E-state index in [4.69, 9.17) is 4.74 Å². The Morgan fingerprint density at radius 3 is 0.910 bits per heavy atom. The van der Waals surface area contributed by atoms with Gasteiger partial charge in [0.05, 0.1) is 25.4 Å². The van der Waals surface area contributed by atoms with E-state index in [0.717, 1.165) is 44.9 Å². The normalized spacial score (nSPS) is 12.6. The maximum absolute atomic E-state index is 12.5. The van der Waals surface area contributed by atoms with Crippen LogP contribution in [-0.2, 0) is 14.3 Å². The van der Waals surface area contributed by atoms with Crippen LogP contribution in [0.3, 0.4) is 0 Å². The van der Waals surface area contributed by atoms with Gasteiger partial charge in [-0.25, -0.2) is 0 Å². The molecular formula is C72H139NO5. The van der Waals surface area contributed by atoms with Crippen molar-refractivity contribution in [1.29, 1.82) is 0 Å². The fourth-order valence-corrected chi connectivity index (χ4v) is 11.3. The quantitative estimate of drug-likeness (QED) is 0.0320. The molecule has 0 aliphatic heterocycles. The number of aliphatic hydroxyl groups is 2. The SMILES string of the molecule is CCCCCCCC/C=C\CCCCCCCC(=O)OCCCCCCCCCCCCCCCCCCCCCCCCCCCC(=O)NC(CO)C(O)/C=C/CCCCCCCCCCCCCCCCCCCCC. The van der Waals surface area contributed by atoms with E-state index in [2.05, 4.69) is 31.3 Å². The van der Waals surface area contributed by atoms with E-state index < -0.39 is 12.1 Å². The van der Waals surface area contributed by atoms with Gasteiger partial charge in [0, 0.05) is 12.8 Å². The van der Waals surface area contributed by atoms with Crippen molar-refractivity contribution in [1.82, 2.24) is 5.32 Å². The van der Waals surface area contributed by atoms with E-state index in [-0.39, 0.29) is 18.5 Å². The molecule has 0 aromatic carbocycles. The predicted octanol–water partition coefficient (Wildman–Crippen LogP) is 22.9. The highest BCUT2D eigenvalue weighted by atomic mass is 16.5. The van der Waals surface area contributed by atoms with Crippen molar-refractivity contribution in [2.24, 2.45) is 0 Å². The second kappa shape index (κ2) is 67.8. The lowest BCUT2D eigenvalue weighted by molar-refractivity contribution is -0.143. The smallest absolute Gasteiger partial charge is 0.305 e. The molecule has 0 aliphatic rings. The van der Waals surface area contributed by atoms with Gasteiger partial charge >= 0.3 is 5.97 Å². The van der Waals surface area contributed by atoms with Crippen molar-refractivity contribution >= 4 is 11.9 Å². The van der Waals surface area contributed by atoms with Crippen LogP contribution in [0.25, 0.3) is 0 Å². The zero-order valence-corrected chi connectivity index (χ0v) is 52.9. The largest absolute Gasteiger partial charge is 0.466 e. The lowest BCUT2D eigenvalue weighted by atomic mass is 10.0. The van der Waals surface area contributed by atoms with E-state index in [1.54, 1.807) is 6.08 Å². The predicted molar refractivity (Wildman–Crippen MR) is 343 cm³/mol. The van der Waals surface area contributed by atoms with Gasteiger partial charge in [0.2, 0.25) is 5.91 Å².